The Hall–Kier alpha value is -2.11. The normalized spacial score (nSPS) is 24.6. The van der Waals surface area contributed by atoms with Gasteiger partial charge in [0.1, 0.15) is 11.1 Å². The van der Waals surface area contributed by atoms with Crippen molar-refractivity contribution in [3.63, 3.8) is 0 Å². The number of aryl methyl sites for hydroxylation is 2. The molecule has 6 heteroatoms. The van der Waals surface area contributed by atoms with E-state index in [2.05, 4.69) is 11.9 Å². The van der Waals surface area contributed by atoms with Gasteiger partial charge in [-0.2, -0.15) is 0 Å². The lowest BCUT2D eigenvalue weighted by molar-refractivity contribution is -0.145. The molecular formula is C21H29N3O3. The minimum atomic E-state index is -0.672. The average molecular weight is 371 g/mol. The highest BCUT2D eigenvalue weighted by molar-refractivity contribution is 6.01. The Morgan fingerprint density at radius 1 is 1.22 bits per heavy atom. The Bertz CT molecular complexity index is 761. The summed E-state index contributed by atoms with van der Waals surface area (Å²) in [6, 6.07) is 1.96. The maximum atomic E-state index is 13.5. The van der Waals surface area contributed by atoms with Crippen molar-refractivity contribution in [2.75, 3.05) is 26.7 Å². The summed E-state index contributed by atoms with van der Waals surface area (Å²) in [6.07, 6.45) is 7.27. The van der Waals surface area contributed by atoms with Gasteiger partial charge in [-0.25, -0.2) is 4.98 Å². The molecule has 146 valence electrons. The number of nitrogens with zero attached hydrogens (tertiary/aromatic N) is 3. The van der Waals surface area contributed by atoms with E-state index in [0.29, 0.717) is 18.0 Å². The Balaban J connectivity index is 1.68. The summed E-state index contributed by atoms with van der Waals surface area (Å²) in [5.74, 6) is 0.434. The molecule has 3 aliphatic rings. The summed E-state index contributed by atoms with van der Waals surface area (Å²) in [7, 11) is 1.56. The van der Waals surface area contributed by atoms with Gasteiger partial charge in [0.25, 0.3) is 5.91 Å². The van der Waals surface area contributed by atoms with Crippen molar-refractivity contribution >= 4 is 11.8 Å². The number of likely N-dealkylation sites (tertiary alicyclic amines) is 2. The summed E-state index contributed by atoms with van der Waals surface area (Å²) in [5, 5.41) is 0. The lowest BCUT2D eigenvalue weighted by Gasteiger charge is -2.44. The predicted octanol–water partition coefficient (Wildman–Crippen LogP) is 2.59. The second-order valence-electron chi connectivity index (χ2n) is 7.99. The molecule has 0 saturated carbocycles. The van der Waals surface area contributed by atoms with Gasteiger partial charge < -0.3 is 14.5 Å². The van der Waals surface area contributed by atoms with E-state index in [-0.39, 0.29) is 11.8 Å². The molecule has 2 fully saturated rings. The van der Waals surface area contributed by atoms with Crippen molar-refractivity contribution in [2.24, 2.45) is 0 Å². The molecule has 1 aromatic rings. The molecule has 2 aliphatic heterocycles. The van der Waals surface area contributed by atoms with Gasteiger partial charge in [0.05, 0.1) is 7.11 Å². The number of pyridine rings is 1. The van der Waals surface area contributed by atoms with Crippen molar-refractivity contribution in [1.82, 2.24) is 14.8 Å². The van der Waals surface area contributed by atoms with Crippen LogP contribution in [0.5, 0.6) is 5.88 Å². The molecule has 0 aromatic carbocycles. The van der Waals surface area contributed by atoms with Crippen LogP contribution in [0.3, 0.4) is 0 Å². The number of ether oxygens (including phenoxy) is 1. The van der Waals surface area contributed by atoms with Crippen LogP contribution in [0.15, 0.2) is 6.07 Å². The summed E-state index contributed by atoms with van der Waals surface area (Å²) in [5.41, 5.74) is 2.03. The van der Waals surface area contributed by atoms with Crippen molar-refractivity contribution in [1.29, 1.82) is 0 Å². The fourth-order valence-corrected chi connectivity index (χ4v) is 5.11. The number of carbonyl (C=O) groups excluding carboxylic acids is 2. The van der Waals surface area contributed by atoms with Crippen LogP contribution in [0, 0.1) is 0 Å². The highest BCUT2D eigenvalue weighted by Crippen LogP contribution is 2.40. The molecule has 1 atom stereocenters. The molecule has 2 amide bonds. The number of fused-ring (bicyclic) bond motifs is 1. The number of methoxy groups -OCH3 is 1. The average Bonchev–Trinajstić information content (AvgIpc) is 3.31. The molecule has 0 radical (unpaired) electrons. The zero-order valence-corrected chi connectivity index (χ0v) is 16.4. The van der Waals surface area contributed by atoms with E-state index in [4.69, 9.17) is 4.74 Å². The third kappa shape index (κ3) is 2.89. The second-order valence-corrected chi connectivity index (χ2v) is 7.99. The Morgan fingerprint density at radius 2 is 2.00 bits per heavy atom. The lowest BCUT2D eigenvalue weighted by Crippen LogP contribution is -2.61. The van der Waals surface area contributed by atoms with E-state index >= 15 is 0 Å². The zero-order valence-electron chi connectivity index (χ0n) is 16.4. The van der Waals surface area contributed by atoms with Crippen LogP contribution in [-0.2, 0) is 17.6 Å². The van der Waals surface area contributed by atoms with E-state index in [0.717, 1.165) is 75.7 Å². The van der Waals surface area contributed by atoms with E-state index in [1.54, 1.807) is 7.11 Å². The number of rotatable bonds is 4. The summed E-state index contributed by atoms with van der Waals surface area (Å²) >= 11 is 0. The fraction of sp³-hybridized carbons (Fsp3) is 0.667. The summed E-state index contributed by atoms with van der Waals surface area (Å²) in [6.45, 7) is 4.30. The zero-order chi connectivity index (χ0) is 19.0. The fourth-order valence-electron chi connectivity index (χ4n) is 5.11. The molecule has 1 aromatic heterocycles. The number of hydrogen-bond donors (Lipinski definition) is 0. The van der Waals surface area contributed by atoms with Crippen LogP contribution in [0.25, 0.3) is 0 Å². The topological polar surface area (TPSA) is 62.7 Å². The minimum Gasteiger partial charge on any atom is -0.480 e. The van der Waals surface area contributed by atoms with Crippen LogP contribution < -0.4 is 4.74 Å². The molecule has 27 heavy (non-hydrogen) atoms. The van der Waals surface area contributed by atoms with Crippen LogP contribution in [0.4, 0.5) is 0 Å². The highest BCUT2D eigenvalue weighted by Gasteiger charge is 2.53. The van der Waals surface area contributed by atoms with Gasteiger partial charge in [0.15, 0.2) is 0 Å². The SMILES string of the molecule is CCCN1CCCC2(CCCN2C(=O)c2cc3c(nc2OC)CCC3)C1=O. The van der Waals surface area contributed by atoms with E-state index < -0.39 is 5.54 Å². The summed E-state index contributed by atoms with van der Waals surface area (Å²) < 4.78 is 5.46. The molecule has 1 spiro atoms. The van der Waals surface area contributed by atoms with Gasteiger partial charge in [0, 0.05) is 25.3 Å². The number of piperidine rings is 1. The van der Waals surface area contributed by atoms with Crippen molar-refractivity contribution in [2.45, 2.75) is 63.8 Å². The molecule has 4 rings (SSSR count). The molecule has 6 nitrogen and oxygen atoms in total. The number of amides is 2. The first-order valence-corrected chi connectivity index (χ1v) is 10.3. The number of aromatic nitrogens is 1. The van der Waals surface area contributed by atoms with Crippen LogP contribution in [0.1, 0.15) is 67.1 Å². The molecule has 3 heterocycles. The number of hydrogen-bond acceptors (Lipinski definition) is 4. The van der Waals surface area contributed by atoms with E-state index in [9.17, 15) is 9.59 Å². The lowest BCUT2D eigenvalue weighted by atomic mass is 9.85. The van der Waals surface area contributed by atoms with Crippen molar-refractivity contribution < 1.29 is 14.3 Å². The highest BCUT2D eigenvalue weighted by atomic mass is 16.5. The molecule has 0 N–H and O–H groups in total. The monoisotopic (exact) mass is 371 g/mol. The molecular weight excluding hydrogens is 342 g/mol. The van der Waals surface area contributed by atoms with Gasteiger partial charge in [-0.3, -0.25) is 9.59 Å². The number of carbonyl (C=O) groups is 2. The smallest absolute Gasteiger partial charge is 0.260 e. The quantitative estimate of drug-likeness (QED) is 0.816. The summed E-state index contributed by atoms with van der Waals surface area (Å²) in [4.78, 5) is 35.2. The van der Waals surface area contributed by atoms with Crippen molar-refractivity contribution in [3.05, 3.63) is 22.9 Å². The van der Waals surface area contributed by atoms with Gasteiger partial charge in [-0.1, -0.05) is 6.92 Å². The standard InChI is InChI=1S/C21H29N3O3/c1-3-11-23-12-5-9-21(20(23)26)10-6-13-24(21)19(25)16-14-15-7-4-8-17(15)22-18(16)27-2/h14H,3-13H2,1-2H3. The molecule has 0 bridgehead atoms. The van der Waals surface area contributed by atoms with Gasteiger partial charge in [-0.15, -0.1) is 0 Å². The van der Waals surface area contributed by atoms with Crippen LogP contribution in [-0.4, -0.2) is 58.9 Å². The minimum absolute atomic E-state index is 0.0988. The van der Waals surface area contributed by atoms with Gasteiger partial charge in [0.2, 0.25) is 11.8 Å². The first-order chi connectivity index (χ1) is 13.1. The maximum Gasteiger partial charge on any atom is 0.260 e. The Morgan fingerprint density at radius 3 is 2.74 bits per heavy atom. The third-order valence-corrected chi connectivity index (χ3v) is 6.37. The first-order valence-electron chi connectivity index (χ1n) is 10.3. The van der Waals surface area contributed by atoms with Crippen LogP contribution in [0.2, 0.25) is 0 Å². The third-order valence-electron chi connectivity index (χ3n) is 6.37. The first kappa shape index (κ1) is 18.3. The second kappa shape index (κ2) is 7.13. The van der Waals surface area contributed by atoms with Gasteiger partial charge in [-0.05, 0) is 63.0 Å². The Labute approximate surface area is 160 Å². The molecule has 1 unspecified atom stereocenters. The Kier molecular flexibility index (Phi) is 4.82. The van der Waals surface area contributed by atoms with Crippen molar-refractivity contribution in [3.8, 4) is 5.88 Å². The largest absolute Gasteiger partial charge is 0.480 e. The molecule has 1 aliphatic carbocycles. The van der Waals surface area contributed by atoms with E-state index in [1.165, 1.54) is 0 Å². The molecule has 2 saturated heterocycles. The van der Waals surface area contributed by atoms with E-state index in [1.807, 2.05) is 15.9 Å². The predicted molar refractivity (Wildman–Crippen MR) is 102 cm³/mol. The van der Waals surface area contributed by atoms with Crippen LogP contribution >= 0.6 is 0 Å². The maximum absolute atomic E-state index is 13.5. The van der Waals surface area contributed by atoms with Gasteiger partial charge >= 0.3 is 0 Å².